The minimum atomic E-state index is -3.48. The number of carbonyl (C=O) groups excluding carboxylic acids is 1. The maximum atomic E-state index is 12.8. The average molecular weight is 429 g/mol. The molecule has 0 spiro atoms. The second kappa shape index (κ2) is 8.40. The fourth-order valence-corrected chi connectivity index (χ4v) is 5.71. The van der Waals surface area contributed by atoms with Crippen LogP contribution >= 0.6 is 0 Å². The minimum Gasteiger partial charge on any atom is -0.484 e. The maximum Gasteiger partial charge on any atom is 0.265 e. The van der Waals surface area contributed by atoms with E-state index in [2.05, 4.69) is 6.92 Å². The number of ether oxygens (including phenoxy) is 1. The summed E-state index contributed by atoms with van der Waals surface area (Å²) >= 11 is 0. The molecule has 2 heterocycles. The average Bonchev–Trinajstić information content (AvgIpc) is 3.08. The summed E-state index contributed by atoms with van der Waals surface area (Å²) in [5, 5.41) is 0. The van der Waals surface area contributed by atoms with E-state index < -0.39 is 10.0 Å². The fourth-order valence-electron chi connectivity index (χ4n) is 4.24. The third-order valence-electron chi connectivity index (χ3n) is 6.04. The number of rotatable bonds is 5. The predicted molar refractivity (Wildman–Crippen MR) is 116 cm³/mol. The Balaban J connectivity index is 1.39. The summed E-state index contributed by atoms with van der Waals surface area (Å²) in [6.07, 6.45) is 2.62. The highest BCUT2D eigenvalue weighted by molar-refractivity contribution is 7.89. The molecule has 1 unspecified atom stereocenters. The number of anilines is 1. The minimum absolute atomic E-state index is 0.0885. The van der Waals surface area contributed by atoms with Gasteiger partial charge in [-0.2, -0.15) is 4.31 Å². The number of carbonyl (C=O) groups is 1. The molecule has 2 aromatic rings. The van der Waals surface area contributed by atoms with Gasteiger partial charge in [0.2, 0.25) is 10.0 Å². The van der Waals surface area contributed by atoms with Gasteiger partial charge in [-0.1, -0.05) is 25.1 Å². The molecule has 0 bridgehead atoms. The highest BCUT2D eigenvalue weighted by Gasteiger charge is 2.31. The van der Waals surface area contributed by atoms with Crippen LogP contribution in [0.15, 0.2) is 53.4 Å². The van der Waals surface area contributed by atoms with E-state index in [1.165, 1.54) is 5.56 Å². The van der Waals surface area contributed by atoms with E-state index in [0.717, 1.165) is 24.9 Å². The summed E-state index contributed by atoms with van der Waals surface area (Å²) in [5.41, 5.74) is 2.11. The second-order valence-electron chi connectivity index (χ2n) is 8.29. The molecular formula is C23H28N2O4S. The second-order valence-corrected chi connectivity index (χ2v) is 10.2. The first-order valence-corrected chi connectivity index (χ1v) is 11.9. The van der Waals surface area contributed by atoms with Crippen LogP contribution in [-0.4, -0.2) is 44.4 Å². The van der Waals surface area contributed by atoms with Gasteiger partial charge in [-0.15, -0.1) is 0 Å². The summed E-state index contributed by atoms with van der Waals surface area (Å²) in [7, 11) is -3.48. The summed E-state index contributed by atoms with van der Waals surface area (Å²) in [4.78, 5) is 14.8. The summed E-state index contributed by atoms with van der Waals surface area (Å²) in [6, 6.07) is 14.4. The molecule has 2 aliphatic heterocycles. The van der Waals surface area contributed by atoms with Crippen molar-refractivity contribution in [3.63, 3.8) is 0 Å². The highest BCUT2D eigenvalue weighted by Crippen LogP contribution is 2.32. The molecule has 1 amide bonds. The number of nitrogens with zero attached hydrogens (tertiary/aromatic N) is 2. The van der Waals surface area contributed by atoms with Gasteiger partial charge in [0.15, 0.2) is 6.61 Å². The number of piperidine rings is 1. The van der Waals surface area contributed by atoms with Crippen LogP contribution in [0.3, 0.4) is 0 Å². The zero-order chi connectivity index (χ0) is 21.3. The lowest BCUT2D eigenvalue weighted by atomic mass is 10.0. The Hall–Kier alpha value is -2.38. The topological polar surface area (TPSA) is 66.9 Å². The van der Waals surface area contributed by atoms with Crippen molar-refractivity contribution in [3.05, 3.63) is 54.1 Å². The molecule has 0 aliphatic carbocycles. The van der Waals surface area contributed by atoms with E-state index in [-0.39, 0.29) is 23.5 Å². The van der Waals surface area contributed by atoms with Crippen LogP contribution in [0.1, 0.15) is 32.3 Å². The number of hydrogen-bond donors (Lipinski definition) is 0. The van der Waals surface area contributed by atoms with Gasteiger partial charge in [0, 0.05) is 24.8 Å². The first kappa shape index (κ1) is 20.9. The first-order valence-electron chi connectivity index (χ1n) is 10.5. The SMILES string of the molecule is CC1CCN(S(=O)(=O)c2ccc(OCC(=O)N3c4ccccc4CC3C)cc2)CC1. The lowest BCUT2D eigenvalue weighted by molar-refractivity contribution is -0.120. The van der Waals surface area contributed by atoms with Gasteiger partial charge in [0.1, 0.15) is 5.75 Å². The monoisotopic (exact) mass is 428 g/mol. The van der Waals surface area contributed by atoms with E-state index in [1.807, 2.05) is 31.2 Å². The van der Waals surface area contributed by atoms with Crippen LogP contribution < -0.4 is 9.64 Å². The van der Waals surface area contributed by atoms with E-state index in [4.69, 9.17) is 4.74 Å². The molecule has 1 atom stereocenters. The molecule has 7 heteroatoms. The normalized spacial score (nSPS) is 20.2. The summed E-state index contributed by atoms with van der Waals surface area (Å²) < 4.78 is 32.9. The van der Waals surface area contributed by atoms with Crippen molar-refractivity contribution >= 4 is 21.6 Å². The van der Waals surface area contributed by atoms with Crippen molar-refractivity contribution in [1.29, 1.82) is 0 Å². The van der Waals surface area contributed by atoms with E-state index >= 15 is 0 Å². The van der Waals surface area contributed by atoms with Crippen LogP contribution in [0.2, 0.25) is 0 Å². The lowest BCUT2D eigenvalue weighted by Gasteiger charge is -2.29. The van der Waals surface area contributed by atoms with Gasteiger partial charge in [0.05, 0.1) is 4.90 Å². The zero-order valence-electron chi connectivity index (χ0n) is 17.5. The number of sulfonamides is 1. The Bertz CT molecular complexity index is 1010. The van der Waals surface area contributed by atoms with E-state index in [0.29, 0.717) is 24.8 Å². The summed E-state index contributed by atoms with van der Waals surface area (Å²) in [6.45, 7) is 5.21. The van der Waals surface area contributed by atoms with Crippen molar-refractivity contribution in [2.75, 3.05) is 24.6 Å². The van der Waals surface area contributed by atoms with Gasteiger partial charge >= 0.3 is 0 Å². The number of fused-ring (bicyclic) bond motifs is 1. The molecule has 6 nitrogen and oxygen atoms in total. The molecule has 160 valence electrons. The molecule has 0 radical (unpaired) electrons. The Morgan fingerprint density at radius 1 is 1.03 bits per heavy atom. The van der Waals surface area contributed by atoms with E-state index in [1.54, 1.807) is 33.5 Å². The molecule has 1 saturated heterocycles. The van der Waals surface area contributed by atoms with Gasteiger partial charge < -0.3 is 9.64 Å². The van der Waals surface area contributed by atoms with Crippen molar-refractivity contribution in [2.45, 2.75) is 44.0 Å². The number of hydrogen-bond acceptors (Lipinski definition) is 4. The van der Waals surface area contributed by atoms with Crippen LogP contribution in [0.4, 0.5) is 5.69 Å². The first-order chi connectivity index (χ1) is 14.4. The van der Waals surface area contributed by atoms with Gasteiger partial charge in [-0.05, 0) is 68.0 Å². The standard InChI is InChI=1S/C23H28N2O4S/c1-17-11-13-24(14-12-17)30(27,28)21-9-7-20(8-10-21)29-16-23(26)25-18(2)15-19-5-3-4-6-22(19)25/h3-10,17-18H,11-16H2,1-2H3. The fraction of sp³-hybridized carbons (Fsp3) is 0.435. The quantitative estimate of drug-likeness (QED) is 0.731. The third kappa shape index (κ3) is 4.09. The van der Waals surface area contributed by atoms with Crippen molar-refractivity contribution in [3.8, 4) is 5.75 Å². The summed E-state index contributed by atoms with van der Waals surface area (Å²) in [5.74, 6) is 0.941. The molecule has 0 N–H and O–H groups in total. The van der Waals surface area contributed by atoms with Crippen molar-refractivity contribution in [1.82, 2.24) is 4.31 Å². The zero-order valence-corrected chi connectivity index (χ0v) is 18.3. The van der Waals surface area contributed by atoms with Gasteiger partial charge in [0.25, 0.3) is 5.91 Å². The Labute approximate surface area is 178 Å². The number of para-hydroxylation sites is 1. The third-order valence-corrected chi connectivity index (χ3v) is 7.96. The van der Waals surface area contributed by atoms with Crippen LogP contribution in [-0.2, 0) is 21.2 Å². The molecule has 30 heavy (non-hydrogen) atoms. The molecule has 2 aliphatic rings. The largest absolute Gasteiger partial charge is 0.484 e. The van der Waals surface area contributed by atoms with Crippen molar-refractivity contribution < 1.29 is 17.9 Å². The smallest absolute Gasteiger partial charge is 0.265 e. The van der Waals surface area contributed by atoms with Crippen LogP contribution in [0.25, 0.3) is 0 Å². The molecule has 2 aromatic carbocycles. The van der Waals surface area contributed by atoms with Crippen LogP contribution in [0.5, 0.6) is 5.75 Å². The molecule has 0 saturated carbocycles. The number of amides is 1. The van der Waals surface area contributed by atoms with E-state index in [9.17, 15) is 13.2 Å². The Morgan fingerprint density at radius 2 is 1.70 bits per heavy atom. The molecular weight excluding hydrogens is 400 g/mol. The highest BCUT2D eigenvalue weighted by atomic mass is 32.2. The maximum absolute atomic E-state index is 12.8. The lowest BCUT2D eigenvalue weighted by Crippen LogP contribution is -2.39. The molecule has 1 fully saturated rings. The molecule has 4 rings (SSSR count). The Kier molecular flexibility index (Phi) is 5.84. The van der Waals surface area contributed by atoms with Gasteiger partial charge in [-0.3, -0.25) is 4.79 Å². The van der Waals surface area contributed by atoms with Crippen molar-refractivity contribution in [2.24, 2.45) is 5.92 Å². The van der Waals surface area contributed by atoms with Gasteiger partial charge in [-0.25, -0.2) is 8.42 Å². The molecule has 0 aromatic heterocycles. The predicted octanol–water partition coefficient (Wildman–Crippen LogP) is 3.46. The Morgan fingerprint density at radius 3 is 2.40 bits per heavy atom. The van der Waals surface area contributed by atoms with Crippen LogP contribution in [0, 0.1) is 5.92 Å². The number of benzene rings is 2.